The predicted molar refractivity (Wildman–Crippen MR) is 88.8 cm³/mol. The predicted octanol–water partition coefficient (Wildman–Crippen LogP) is 5.22. The summed E-state index contributed by atoms with van der Waals surface area (Å²) >= 11 is 0. The van der Waals surface area contributed by atoms with Gasteiger partial charge in [0.2, 0.25) is 0 Å². The van der Waals surface area contributed by atoms with E-state index in [1.807, 2.05) is 24.3 Å². The van der Waals surface area contributed by atoms with Crippen LogP contribution in [0.15, 0.2) is 42.5 Å². The fourth-order valence-corrected chi connectivity index (χ4v) is 3.49. The lowest BCUT2D eigenvalue weighted by molar-refractivity contribution is 0.415. The van der Waals surface area contributed by atoms with E-state index < -0.39 is 0 Å². The van der Waals surface area contributed by atoms with Crippen LogP contribution < -0.4 is 10.1 Å². The van der Waals surface area contributed by atoms with E-state index in [1.54, 1.807) is 7.11 Å². The van der Waals surface area contributed by atoms with Crippen LogP contribution in [0.3, 0.4) is 0 Å². The smallest absolute Gasteiger partial charge is 0.119 e. The number of benzene rings is 2. The zero-order valence-corrected chi connectivity index (χ0v) is 13.2. The lowest BCUT2D eigenvalue weighted by Crippen LogP contribution is -2.11. The fourth-order valence-electron chi connectivity index (χ4n) is 3.49. The highest BCUT2D eigenvalue weighted by Gasteiger charge is 2.34. The third-order valence-electron chi connectivity index (χ3n) is 4.51. The van der Waals surface area contributed by atoms with Gasteiger partial charge in [-0.3, -0.25) is 0 Å². The molecule has 0 heterocycles. The lowest BCUT2D eigenvalue weighted by Gasteiger charge is -2.19. The number of hydrogen-bond donors (Lipinski definition) is 1. The molecular weight excluding hydrogens is 258 g/mol. The maximum absolute atomic E-state index is 5.19. The third kappa shape index (κ3) is 2.63. The van der Waals surface area contributed by atoms with Crippen LogP contribution in [0, 0.1) is 0 Å². The molecule has 0 fully saturated rings. The second kappa shape index (κ2) is 5.10. The van der Waals surface area contributed by atoms with Gasteiger partial charge in [-0.15, -0.1) is 0 Å². The van der Waals surface area contributed by atoms with Crippen molar-refractivity contribution in [2.24, 2.45) is 0 Å². The summed E-state index contributed by atoms with van der Waals surface area (Å²) in [5.41, 5.74) is 5.52. The van der Waals surface area contributed by atoms with E-state index in [9.17, 15) is 0 Å². The number of anilines is 2. The van der Waals surface area contributed by atoms with Crippen LogP contribution >= 0.6 is 0 Å². The van der Waals surface area contributed by atoms with Crippen molar-refractivity contribution in [1.29, 1.82) is 0 Å². The minimum atomic E-state index is 0.299. The number of hydrogen-bond acceptors (Lipinski definition) is 2. The largest absolute Gasteiger partial charge is 0.497 e. The van der Waals surface area contributed by atoms with Gasteiger partial charge in [-0.25, -0.2) is 0 Å². The summed E-state index contributed by atoms with van der Waals surface area (Å²) < 4.78 is 5.19. The summed E-state index contributed by atoms with van der Waals surface area (Å²) in [4.78, 5) is 0. The number of rotatable bonds is 3. The molecule has 1 N–H and O–H groups in total. The zero-order chi connectivity index (χ0) is 15.0. The molecule has 0 radical (unpaired) electrons. The zero-order valence-electron chi connectivity index (χ0n) is 13.2. The number of fused-ring (bicyclic) bond motifs is 1. The Balaban J connectivity index is 1.86. The molecule has 3 rings (SSSR count). The normalized spacial score (nSPS) is 19.1. The Labute approximate surface area is 127 Å². The van der Waals surface area contributed by atoms with Crippen LogP contribution in [-0.2, 0) is 5.41 Å². The van der Waals surface area contributed by atoms with Crippen molar-refractivity contribution in [1.82, 2.24) is 0 Å². The van der Waals surface area contributed by atoms with Crippen molar-refractivity contribution in [3.05, 3.63) is 53.6 Å². The Morgan fingerprint density at radius 3 is 2.38 bits per heavy atom. The standard InChI is InChI=1S/C19H23NO/c1-13-12-19(2,3)18-10-7-15(11-17(13)18)20-14-5-8-16(21-4)9-6-14/h5-11,13,20H,12H2,1-4H3. The maximum atomic E-state index is 5.19. The molecule has 1 atom stereocenters. The van der Waals surface area contributed by atoms with Crippen LogP contribution in [0.4, 0.5) is 11.4 Å². The molecule has 0 saturated carbocycles. The Bertz CT molecular complexity index is 643. The molecular formula is C19H23NO. The van der Waals surface area contributed by atoms with Gasteiger partial charge in [0.25, 0.3) is 0 Å². The first kappa shape index (κ1) is 14.0. The molecule has 2 heteroatoms. The lowest BCUT2D eigenvalue weighted by atomic mass is 9.86. The van der Waals surface area contributed by atoms with Crippen molar-refractivity contribution in [3.8, 4) is 5.75 Å². The first-order valence-electron chi connectivity index (χ1n) is 7.55. The minimum absolute atomic E-state index is 0.299. The Morgan fingerprint density at radius 2 is 1.71 bits per heavy atom. The Hall–Kier alpha value is -1.96. The average molecular weight is 281 g/mol. The van der Waals surface area contributed by atoms with Gasteiger partial charge in [0.05, 0.1) is 7.11 Å². The van der Waals surface area contributed by atoms with E-state index in [4.69, 9.17) is 4.74 Å². The molecule has 1 unspecified atom stereocenters. The molecule has 110 valence electrons. The van der Waals surface area contributed by atoms with Gasteiger partial charge in [-0.2, -0.15) is 0 Å². The van der Waals surface area contributed by atoms with Gasteiger partial charge in [0.1, 0.15) is 5.75 Å². The summed E-state index contributed by atoms with van der Waals surface area (Å²) in [7, 11) is 1.69. The van der Waals surface area contributed by atoms with Crippen LogP contribution in [0.5, 0.6) is 5.75 Å². The van der Waals surface area contributed by atoms with Crippen molar-refractivity contribution in [2.75, 3.05) is 12.4 Å². The molecule has 2 nitrogen and oxygen atoms in total. The van der Waals surface area contributed by atoms with Gasteiger partial charge in [-0.1, -0.05) is 26.8 Å². The van der Waals surface area contributed by atoms with Gasteiger partial charge >= 0.3 is 0 Å². The summed E-state index contributed by atoms with van der Waals surface area (Å²) in [5, 5.41) is 3.48. The van der Waals surface area contributed by atoms with Crippen molar-refractivity contribution in [3.63, 3.8) is 0 Å². The topological polar surface area (TPSA) is 21.3 Å². The van der Waals surface area contributed by atoms with Crippen molar-refractivity contribution in [2.45, 2.75) is 38.5 Å². The first-order chi connectivity index (χ1) is 9.99. The first-order valence-corrected chi connectivity index (χ1v) is 7.55. The fraction of sp³-hybridized carbons (Fsp3) is 0.368. The molecule has 21 heavy (non-hydrogen) atoms. The quantitative estimate of drug-likeness (QED) is 0.832. The second-order valence-electron chi connectivity index (χ2n) is 6.64. The van der Waals surface area contributed by atoms with E-state index in [0.717, 1.165) is 17.1 Å². The molecule has 1 aliphatic rings. The summed E-state index contributed by atoms with van der Waals surface area (Å²) in [6, 6.07) is 14.8. The highest BCUT2D eigenvalue weighted by molar-refractivity contribution is 5.63. The van der Waals surface area contributed by atoms with E-state index >= 15 is 0 Å². The Morgan fingerprint density at radius 1 is 1.05 bits per heavy atom. The third-order valence-corrected chi connectivity index (χ3v) is 4.51. The number of methoxy groups -OCH3 is 1. The van der Waals surface area contributed by atoms with Gasteiger partial charge in [0, 0.05) is 11.4 Å². The monoisotopic (exact) mass is 281 g/mol. The molecule has 0 spiro atoms. The average Bonchev–Trinajstić information content (AvgIpc) is 2.69. The number of ether oxygens (including phenoxy) is 1. The van der Waals surface area contributed by atoms with E-state index in [2.05, 4.69) is 44.3 Å². The molecule has 0 aliphatic heterocycles. The van der Waals surface area contributed by atoms with Crippen molar-refractivity contribution >= 4 is 11.4 Å². The van der Waals surface area contributed by atoms with Gasteiger partial charge in [-0.05, 0) is 65.3 Å². The molecule has 2 aromatic rings. The van der Waals surface area contributed by atoms with Crippen LogP contribution in [0.2, 0.25) is 0 Å². The van der Waals surface area contributed by atoms with Crippen LogP contribution in [0.25, 0.3) is 0 Å². The van der Waals surface area contributed by atoms with E-state index in [-0.39, 0.29) is 0 Å². The summed E-state index contributed by atoms with van der Waals surface area (Å²) in [6.45, 7) is 7.00. The minimum Gasteiger partial charge on any atom is -0.497 e. The van der Waals surface area contributed by atoms with Gasteiger partial charge < -0.3 is 10.1 Å². The summed E-state index contributed by atoms with van der Waals surface area (Å²) in [5.74, 6) is 1.51. The maximum Gasteiger partial charge on any atom is 0.119 e. The van der Waals surface area contributed by atoms with Crippen LogP contribution in [-0.4, -0.2) is 7.11 Å². The van der Waals surface area contributed by atoms with E-state index in [1.165, 1.54) is 17.5 Å². The highest BCUT2D eigenvalue weighted by atomic mass is 16.5. The van der Waals surface area contributed by atoms with E-state index in [0.29, 0.717) is 11.3 Å². The van der Waals surface area contributed by atoms with Crippen LogP contribution in [0.1, 0.15) is 44.2 Å². The second-order valence-corrected chi connectivity index (χ2v) is 6.64. The molecule has 0 bridgehead atoms. The molecule has 0 saturated heterocycles. The molecule has 0 aromatic heterocycles. The molecule has 0 amide bonds. The number of nitrogens with one attached hydrogen (secondary N) is 1. The highest BCUT2D eigenvalue weighted by Crippen LogP contribution is 2.46. The SMILES string of the molecule is COc1ccc(Nc2ccc3c(c2)C(C)CC3(C)C)cc1. The van der Waals surface area contributed by atoms with Crippen molar-refractivity contribution < 1.29 is 4.74 Å². The molecule has 2 aromatic carbocycles. The Kier molecular flexibility index (Phi) is 3.40. The van der Waals surface area contributed by atoms with Gasteiger partial charge in [0.15, 0.2) is 0 Å². The summed E-state index contributed by atoms with van der Waals surface area (Å²) in [6.07, 6.45) is 1.23. The molecule has 1 aliphatic carbocycles.